The van der Waals surface area contributed by atoms with Gasteiger partial charge in [-0.15, -0.1) is 0 Å². The molecule has 160 valence electrons. The molecule has 8 nitrogen and oxygen atoms in total. The Hall–Kier alpha value is -3.24. The van der Waals surface area contributed by atoms with Crippen LogP contribution in [0, 0.1) is 23.0 Å². The second kappa shape index (κ2) is 8.64. The molecule has 2 aromatic rings. The summed E-state index contributed by atoms with van der Waals surface area (Å²) < 4.78 is 37.6. The van der Waals surface area contributed by atoms with Crippen LogP contribution in [0.5, 0.6) is 0 Å². The number of carbonyl (C=O) groups excluding carboxylic acids is 1. The molecule has 2 heterocycles. The molecule has 1 fully saturated rings. The van der Waals surface area contributed by atoms with Crippen molar-refractivity contribution in [3.8, 4) is 11.4 Å². The molecule has 1 aromatic carbocycles. The number of hydrogen-bond acceptors (Lipinski definition) is 6. The number of piperidine rings is 1. The third kappa shape index (κ3) is 5.22. The van der Waals surface area contributed by atoms with Gasteiger partial charge in [0.15, 0.2) is 5.82 Å². The topological polar surface area (TPSA) is 101 Å². The van der Waals surface area contributed by atoms with E-state index in [2.05, 4.69) is 15.3 Å². The van der Waals surface area contributed by atoms with E-state index in [9.17, 15) is 28.1 Å². The number of alkyl halides is 3. The van der Waals surface area contributed by atoms with Gasteiger partial charge in [0, 0.05) is 49.1 Å². The molecule has 0 spiro atoms. The van der Waals surface area contributed by atoms with Crippen LogP contribution < -0.4 is 5.32 Å². The van der Waals surface area contributed by atoms with Crippen molar-refractivity contribution in [1.82, 2.24) is 14.9 Å². The number of benzene rings is 1. The predicted molar refractivity (Wildman–Crippen MR) is 103 cm³/mol. The number of nitrogens with one attached hydrogen (secondary N) is 1. The van der Waals surface area contributed by atoms with Crippen LogP contribution in [0.25, 0.3) is 11.4 Å². The Morgan fingerprint density at radius 1 is 1.27 bits per heavy atom. The maximum atomic E-state index is 12.5. The zero-order chi connectivity index (χ0) is 21.9. The van der Waals surface area contributed by atoms with Crippen LogP contribution in [0.2, 0.25) is 0 Å². The minimum atomic E-state index is -4.84. The van der Waals surface area contributed by atoms with Crippen molar-refractivity contribution < 1.29 is 22.9 Å². The summed E-state index contributed by atoms with van der Waals surface area (Å²) in [6.07, 6.45) is -3.93. The molecule has 0 saturated carbocycles. The van der Waals surface area contributed by atoms with Gasteiger partial charge in [-0.1, -0.05) is 12.1 Å². The summed E-state index contributed by atoms with van der Waals surface area (Å²) in [5.41, 5.74) is 1.11. The number of nitro groups is 1. The first kappa shape index (κ1) is 21.5. The zero-order valence-electron chi connectivity index (χ0n) is 16.1. The Bertz CT molecular complexity index is 943. The number of nitro benzene ring substituents is 1. The van der Waals surface area contributed by atoms with Crippen LogP contribution in [-0.4, -0.2) is 51.5 Å². The number of nitrogens with zero attached hydrogens (tertiary/aromatic N) is 4. The average molecular weight is 423 g/mol. The molecule has 1 amide bonds. The van der Waals surface area contributed by atoms with Crippen molar-refractivity contribution in [2.24, 2.45) is 5.92 Å². The Balaban J connectivity index is 1.63. The first-order valence-corrected chi connectivity index (χ1v) is 9.34. The molecule has 30 heavy (non-hydrogen) atoms. The van der Waals surface area contributed by atoms with Gasteiger partial charge < -0.3 is 10.2 Å². The first-order valence-electron chi connectivity index (χ1n) is 9.34. The molecule has 11 heteroatoms. The van der Waals surface area contributed by atoms with E-state index in [1.807, 2.05) is 0 Å². The molecule has 0 atom stereocenters. The van der Waals surface area contributed by atoms with Gasteiger partial charge in [0.2, 0.25) is 0 Å². The number of amides is 1. The summed E-state index contributed by atoms with van der Waals surface area (Å²) in [5.74, 6) is -0.828. The highest BCUT2D eigenvalue weighted by Gasteiger charge is 2.43. The van der Waals surface area contributed by atoms with Crippen molar-refractivity contribution in [3.05, 3.63) is 46.1 Å². The van der Waals surface area contributed by atoms with Gasteiger partial charge >= 0.3 is 12.1 Å². The molecular formula is C19H20F3N5O3. The summed E-state index contributed by atoms with van der Waals surface area (Å²) in [6.45, 7) is 2.38. The molecule has 0 bridgehead atoms. The second-order valence-corrected chi connectivity index (χ2v) is 7.14. The van der Waals surface area contributed by atoms with E-state index in [1.165, 1.54) is 12.1 Å². The monoisotopic (exact) mass is 423 g/mol. The predicted octanol–water partition coefficient (Wildman–Crippen LogP) is 3.57. The van der Waals surface area contributed by atoms with Crippen LogP contribution in [0.1, 0.15) is 18.5 Å². The highest BCUT2D eigenvalue weighted by Crippen LogP contribution is 2.25. The van der Waals surface area contributed by atoms with Gasteiger partial charge in [0.25, 0.3) is 5.69 Å². The maximum Gasteiger partial charge on any atom is 0.471 e. The Labute approximate surface area is 170 Å². The molecule has 0 aliphatic carbocycles. The highest BCUT2D eigenvalue weighted by molar-refractivity contribution is 5.81. The lowest BCUT2D eigenvalue weighted by molar-refractivity contribution is -0.384. The second-order valence-electron chi connectivity index (χ2n) is 7.14. The summed E-state index contributed by atoms with van der Waals surface area (Å²) in [7, 11) is 0. The molecule has 1 N–H and O–H groups in total. The van der Waals surface area contributed by atoms with Gasteiger partial charge in [-0.05, 0) is 25.7 Å². The Morgan fingerprint density at radius 2 is 1.97 bits per heavy atom. The fourth-order valence-corrected chi connectivity index (χ4v) is 3.32. The average Bonchev–Trinajstić information content (AvgIpc) is 2.71. The standard InChI is InChI=1S/C19H20F3N5O3/c1-12-9-16(25-17(24-12)14-3-2-4-15(10-14)27(29)30)23-11-13-5-7-26(8-6-13)18(28)19(20,21)22/h2-4,9-10,13H,5-8,11H2,1H3,(H,23,24,25). The molecule has 0 unspecified atom stereocenters. The van der Waals surface area contributed by atoms with E-state index in [4.69, 9.17) is 0 Å². The van der Waals surface area contributed by atoms with E-state index in [-0.39, 0.29) is 24.7 Å². The third-order valence-electron chi connectivity index (χ3n) is 4.89. The van der Waals surface area contributed by atoms with Crippen LogP contribution >= 0.6 is 0 Å². The van der Waals surface area contributed by atoms with Crippen molar-refractivity contribution >= 4 is 17.4 Å². The number of hydrogen-bond donors (Lipinski definition) is 1. The van der Waals surface area contributed by atoms with Crippen LogP contribution in [0.15, 0.2) is 30.3 Å². The largest absolute Gasteiger partial charge is 0.471 e. The lowest BCUT2D eigenvalue weighted by Gasteiger charge is -2.32. The molecule has 1 aliphatic rings. The van der Waals surface area contributed by atoms with Gasteiger partial charge in [-0.3, -0.25) is 14.9 Å². The van der Waals surface area contributed by atoms with E-state index >= 15 is 0 Å². The Morgan fingerprint density at radius 3 is 2.60 bits per heavy atom. The van der Waals surface area contributed by atoms with Crippen molar-refractivity contribution in [2.45, 2.75) is 25.9 Å². The molecule has 3 rings (SSSR count). The summed E-state index contributed by atoms with van der Waals surface area (Å²) >= 11 is 0. The lowest BCUT2D eigenvalue weighted by atomic mass is 9.96. The number of aryl methyl sites for hydroxylation is 1. The summed E-state index contributed by atoms with van der Waals surface area (Å²) in [4.78, 5) is 31.4. The quantitative estimate of drug-likeness (QED) is 0.583. The van der Waals surface area contributed by atoms with Crippen LogP contribution in [-0.2, 0) is 4.79 Å². The maximum absolute atomic E-state index is 12.5. The van der Waals surface area contributed by atoms with Crippen LogP contribution in [0.4, 0.5) is 24.7 Å². The molecule has 1 aromatic heterocycles. The molecular weight excluding hydrogens is 403 g/mol. The van der Waals surface area contributed by atoms with Crippen LogP contribution in [0.3, 0.4) is 0 Å². The van der Waals surface area contributed by atoms with Gasteiger partial charge in [-0.2, -0.15) is 13.2 Å². The zero-order valence-corrected chi connectivity index (χ0v) is 16.1. The molecule has 1 aliphatic heterocycles. The van der Waals surface area contributed by atoms with Crippen molar-refractivity contribution in [2.75, 3.05) is 25.0 Å². The number of anilines is 1. The fraction of sp³-hybridized carbons (Fsp3) is 0.421. The number of carbonyl (C=O) groups is 1. The van der Waals surface area contributed by atoms with Crippen molar-refractivity contribution in [1.29, 1.82) is 0 Å². The summed E-state index contributed by atoms with van der Waals surface area (Å²) in [5, 5.41) is 14.1. The van der Waals surface area contributed by atoms with Gasteiger partial charge in [0.1, 0.15) is 5.82 Å². The number of halogens is 3. The molecule has 1 saturated heterocycles. The smallest absolute Gasteiger partial charge is 0.370 e. The number of rotatable bonds is 5. The SMILES string of the molecule is Cc1cc(NCC2CCN(C(=O)C(F)(F)F)CC2)nc(-c2cccc([N+](=O)[O-])c2)n1. The minimum Gasteiger partial charge on any atom is -0.370 e. The fourth-order valence-electron chi connectivity index (χ4n) is 3.32. The number of non-ortho nitro benzene ring substituents is 1. The van der Waals surface area contributed by atoms with E-state index in [0.29, 0.717) is 42.3 Å². The van der Waals surface area contributed by atoms with Crippen molar-refractivity contribution in [3.63, 3.8) is 0 Å². The lowest BCUT2D eigenvalue weighted by Crippen LogP contribution is -2.46. The van der Waals surface area contributed by atoms with E-state index < -0.39 is 17.0 Å². The van der Waals surface area contributed by atoms with E-state index in [1.54, 1.807) is 25.1 Å². The first-order chi connectivity index (χ1) is 14.1. The summed E-state index contributed by atoms with van der Waals surface area (Å²) in [6, 6.07) is 7.74. The minimum absolute atomic E-state index is 0.0619. The molecule has 0 radical (unpaired) electrons. The number of aromatic nitrogens is 2. The van der Waals surface area contributed by atoms with E-state index in [0.717, 1.165) is 4.90 Å². The normalized spacial score (nSPS) is 15.1. The Kier molecular flexibility index (Phi) is 6.18. The third-order valence-corrected chi connectivity index (χ3v) is 4.89. The highest BCUT2D eigenvalue weighted by atomic mass is 19.4. The number of likely N-dealkylation sites (tertiary alicyclic amines) is 1. The van der Waals surface area contributed by atoms with Gasteiger partial charge in [-0.25, -0.2) is 9.97 Å². The van der Waals surface area contributed by atoms with Gasteiger partial charge in [0.05, 0.1) is 4.92 Å².